The molecular formula is C18H17NO5. The lowest BCUT2D eigenvalue weighted by Gasteiger charge is -2.21. The summed E-state index contributed by atoms with van der Waals surface area (Å²) in [5.41, 5.74) is -1.81. The van der Waals surface area contributed by atoms with Crippen LogP contribution in [0.3, 0.4) is 0 Å². The van der Waals surface area contributed by atoms with Crippen molar-refractivity contribution in [3.05, 3.63) is 70.0 Å². The highest BCUT2D eigenvalue weighted by Crippen LogP contribution is 2.22. The normalized spacial score (nSPS) is 13.6. The van der Waals surface area contributed by atoms with E-state index in [2.05, 4.69) is 5.32 Å². The van der Waals surface area contributed by atoms with E-state index in [0.717, 1.165) is 0 Å². The predicted octanol–water partition coefficient (Wildman–Crippen LogP) is 2.33. The second-order valence-electron chi connectivity index (χ2n) is 5.85. The Bertz CT molecular complexity index is 951. The first-order chi connectivity index (χ1) is 11.4. The third-order valence-corrected chi connectivity index (χ3v) is 3.75. The first-order valence-electron chi connectivity index (χ1n) is 7.47. The first kappa shape index (κ1) is 16.0. The van der Waals surface area contributed by atoms with Crippen LogP contribution in [0.4, 0.5) is 0 Å². The molecular weight excluding hydrogens is 310 g/mol. The number of carbonyl (C=O) groups excluding carboxylic acids is 1. The Kier molecular flexibility index (Phi) is 3.99. The molecule has 0 fully saturated rings. The average Bonchev–Trinajstić information content (AvgIpc) is 2.99. The standard InChI is InChI=1S/C18H17NO5/c1-11-7-8-15(23-11)18(2,22)10-19-16(20)13-9-12-5-3-4-6-14(12)24-17(13)21/h3-9,22H,10H2,1-2H3,(H,19,20). The van der Waals surface area contributed by atoms with E-state index in [-0.39, 0.29) is 12.1 Å². The average molecular weight is 327 g/mol. The lowest BCUT2D eigenvalue weighted by Crippen LogP contribution is -2.39. The van der Waals surface area contributed by atoms with Crippen molar-refractivity contribution in [2.45, 2.75) is 19.4 Å². The smallest absolute Gasteiger partial charge is 0.349 e. The van der Waals surface area contributed by atoms with Gasteiger partial charge in [-0.1, -0.05) is 18.2 Å². The van der Waals surface area contributed by atoms with Crippen LogP contribution < -0.4 is 10.9 Å². The van der Waals surface area contributed by atoms with Gasteiger partial charge in [-0.3, -0.25) is 4.79 Å². The molecule has 0 radical (unpaired) electrons. The van der Waals surface area contributed by atoms with Crippen LogP contribution in [-0.2, 0) is 5.60 Å². The third kappa shape index (κ3) is 3.09. The molecule has 1 atom stereocenters. The van der Waals surface area contributed by atoms with Crippen molar-refractivity contribution in [2.75, 3.05) is 6.54 Å². The van der Waals surface area contributed by atoms with Crippen molar-refractivity contribution in [3.63, 3.8) is 0 Å². The number of nitrogens with one attached hydrogen (secondary N) is 1. The van der Waals surface area contributed by atoms with Crippen molar-refractivity contribution < 1.29 is 18.7 Å². The van der Waals surface area contributed by atoms with Gasteiger partial charge >= 0.3 is 5.63 Å². The Morgan fingerprint density at radius 1 is 1.21 bits per heavy atom. The van der Waals surface area contributed by atoms with Gasteiger partial charge in [-0.15, -0.1) is 0 Å². The number of para-hydroxylation sites is 1. The Morgan fingerprint density at radius 3 is 2.67 bits per heavy atom. The van der Waals surface area contributed by atoms with Crippen LogP contribution >= 0.6 is 0 Å². The molecule has 2 heterocycles. The Balaban J connectivity index is 1.80. The van der Waals surface area contributed by atoms with Gasteiger partial charge in [0.15, 0.2) is 0 Å². The monoisotopic (exact) mass is 327 g/mol. The van der Waals surface area contributed by atoms with E-state index >= 15 is 0 Å². The zero-order valence-electron chi connectivity index (χ0n) is 13.3. The van der Waals surface area contributed by atoms with Crippen molar-refractivity contribution in [1.82, 2.24) is 5.32 Å². The number of carbonyl (C=O) groups is 1. The number of amides is 1. The molecule has 0 aliphatic rings. The molecule has 0 aliphatic carbocycles. The topological polar surface area (TPSA) is 92.7 Å². The number of aliphatic hydroxyl groups is 1. The van der Waals surface area contributed by atoms with Crippen molar-refractivity contribution in [2.24, 2.45) is 0 Å². The largest absolute Gasteiger partial charge is 0.463 e. The SMILES string of the molecule is Cc1ccc(C(C)(O)CNC(=O)c2cc3ccccc3oc2=O)o1. The lowest BCUT2D eigenvalue weighted by atomic mass is 10.0. The molecule has 6 nitrogen and oxygen atoms in total. The van der Waals surface area contributed by atoms with Crippen LogP contribution in [0.15, 0.2) is 56.1 Å². The number of furan rings is 1. The molecule has 0 spiro atoms. The summed E-state index contributed by atoms with van der Waals surface area (Å²) in [7, 11) is 0. The van der Waals surface area contributed by atoms with Crippen molar-refractivity contribution >= 4 is 16.9 Å². The Hall–Kier alpha value is -2.86. The summed E-state index contributed by atoms with van der Waals surface area (Å²) in [5, 5.41) is 13.6. The maximum absolute atomic E-state index is 12.3. The van der Waals surface area contributed by atoms with Gasteiger partial charge in [-0.25, -0.2) is 4.79 Å². The maximum atomic E-state index is 12.3. The minimum Gasteiger partial charge on any atom is -0.463 e. The summed E-state index contributed by atoms with van der Waals surface area (Å²) in [6.07, 6.45) is 0. The summed E-state index contributed by atoms with van der Waals surface area (Å²) in [5.74, 6) is 0.385. The van der Waals surface area contributed by atoms with E-state index in [1.807, 2.05) is 0 Å². The zero-order valence-corrected chi connectivity index (χ0v) is 13.3. The molecule has 24 heavy (non-hydrogen) atoms. The molecule has 0 saturated carbocycles. The Morgan fingerprint density at radius 2 is 1.96 bits per heavy atom. The van der Waals surface area contributed by atoms with E-state index in [0.29, 0.717) is 22.5 Å². The van der Waals surface area contributed by atoms with Crippen LogP contribution in [0, 0.1) is 6.92 Å². The summed E-state index contributed by atoms with van der Waals surface area (Å²) in [4.78, 5) is 24.2. The minimum absolute atomic E-state index is 0.106. The lowest BCUT2D eigenvalue weighted by molar-refractivity contribution is 0.0323. The zero-order chi connectivity index (χ0) is 17.3. The number of hydrogen-bond acceptors (Lipinski definition) is 5. The highest BCUT2D eigenvalue weighted by Gasteiger charge is 2.28. The van der Waals surface area contributed by atoms with Gasteiger partial charge in [0, 0.05) is 5.39 Å². The molecule has 0 aliphatic heterocycles. The fourth-order valence-corrected chi connectivity index (χ4v) is 2.38. The van der Waals surface area contributed by atoms with Gasteiger partial charge in [-0.05, 0) is 38.1 Å². The van der Waals surface area contributed by atoms with Crippen LogP contribution in [0.1, 0.15) is 28.8 Å². The second kappa shape index (κ2) is 5.98. The van der Waals surface area contributed by atoms with E-state index in [1.165, 1.54) is 13.0 Å². The first-order valence-corrected chi connectivity index (χ1v) is 7.47. The number of rotatable bonds is 4. The fraction of sp³-hybridized carbons (Fsp3) is 0.222. The molecule has 0 saturated heterocycles. The van der Waals surface area contributed by atoms with Gasteiger partial charge in [0.05, 0.1) is 6.54 Å². The number of aryl methyl sites for hydroxylation is 1. The highest BCUT2D eigenvalue weighted by molar-refractivity contribution is 5.96. The third-order valence-electron chi connectivity index (χ3n) is 3.75. The molecule has 1 amide bonds. The molecule has 1 unspecified atom stereocenters. The quantitative estimate of drug-likeness (QED) is 0.718. The number of hydrogen-bond donors (Lipinski definition) is 2. The van der Waals surface area contributed by atoms with Gasteiger partial charge in [0.25, 0.3) is 5.91 Å². The minimum atomic E-state index is -1.39. The second-order valence-corrected chi connectivity index (χ2v) is 5.85. The molecule has 3 rings (SSSR count). The van der Waals surface area contributed by atoms with E-state index in [4.69, 9.17) is 8.83 Å². The molecule has 1 aromatic carbocycles. The summed E-state index contributed by atoms with van der Waals surface area (Å²) in [6.45, 7) is 3.18. The molecule has 0 bridgehead atoms. The van der Waals surface area contributed by atoms with Crippen LogP contribution in [0.2, 0.25) is 0 Å². The van der Waals surface area contributed by atoms with Crippen LogP contribution in [0.5, 0.6) is 0 Å². The molecule has 124 valence electrons. The van der Waals surface area contributed by atoms with Crippen LogP contribution in [-0.4, -0.2) is 17.6 Å². The predicted molar refractivity (Wildman–Crippen MR) is 87.8 cm³/mol. The van der Waals surface area contributed by atoms with Gasteiger partial charge in [-0.2, -0.15) is 0 Å². The summed E-state index contributed by atoms with van der Waals surface area (Å²) >= 11 is 0. The number of fused-ring (bicyclic) bond motifs is 1. The molecule has 6 heteroatoms. The van der Waals surface area contributed by atoms with E-state index < -0.39 is 17.1 Å². The molecule has 2 N–H and O–H groups in total. The number of benzene rings is 1. The van der Waals surface area contributed by atoms with Gasteiger partial charge < -0.3 is 19.3 Å². The fourth-order valence-electron chi connectivity index (χ4n) is 2.38. The van der Waals surface area contributed by atoms with Crippen molar-refractivity contribution in [3.8, 4) is 0 Å². The van der Waals surface area contributed by atoms with Crippen LogP contribution in [0.25, 0.3) is 11.0 Å². The Labute approximate surface area is 137 Å². The van der Waals surface area contributed by atoms with E-state index in [9.17, 15) is 14.7 Å². The summed E-state index contributed by atoms with van der Waals surface area (Å²) < 4.78 is 10.5. The highest BCUT2D eigenvalue weighted by atomic mass is 16.4. The van der Waals surface area contributed by atoms with Gasteiger partial charge in [0.2, 0.25) is 0 Å². The van der Waals surface area contributed by atoms with E-state index in [1.54, 1.807) is 43.3 Å². The molecule has 3 aromatic rings. The summed E-state index contributed by atoms with van der Waals surface area (Å²) in [6, 6.07) is 11.8. The molecule has 2 aromatic heterocycles. The maximum Gasteiger partial charge on any atom is 0.349 e. The van der Waals surface area contributed by atoms with Crippen molar-refractivity contribution in [1.29, 1.82) is 0 Å². The van der Waals surface area contributed by atoms with Gasteiger partial charge in [0.1, 0.15) is 28.3 Å².